The van der Waals surface area contributed by atoms with E-state index in [1.807, 2.05) is 13.2 Å². The number of aromatic nitrogens is 3. The monoisotopic (exact) mass is 348 g/mol. The molecule has 1 saturated carbocycles. The quantitative estimate of drug-likeness (QED) is 0.836. The first-order valence-electron chi connectivity index (χ1n) is 7.52. The molecule has 0 bridgehead atoms. The molecule has 1 aliphatic carbocycles. The smallest absolute Gasteiger partial charge is 0.0830 e. The second-order valence-electron chi connectivity index (χ2n) is 5.97. The van der Waals surface area contributed by atoms with Crippen molar-refractivity contribution in [3.8, 4) is 0 Å². The summed E-state index contributed by atoms with van der Waals surface area (Å²) in [7, 11) is 1.92. The molecule has 1 atom stereocenters. The minimum Gasteiger partial charge on any atom is -0.314 e. The highest BCUT2D eigenvalue weighted by Gasteiger charge is 2.22. The molecule has 4 nitrogen and oxygen atoms in total. The standard InChI is InChI=1S/C16H21BrN4/c1-21-11-16(19-20-21)9-13(10-18-15-5-6-15)7-12-3-2-4-14(17)8-12/h2-4,8,11,13,15,18H,5-7,9-10H2,1H3. The molecule has 1 aromatic heterocycles. The molecule has 1 N–H and O–H groups in total. The Labute approximate surface area is 134 Å². The summed E-state index contributed by atoms with van der Waals surface area (Å²) in [6, 6.07) is 9.33. The van der Waals surface area contributed by atoms with Gasteiger partial charge in [-0.25, -0.2) is 0 Å². The van der Waals surface area contributed by atoms with Crippen LogP contribution in [-0.4, -0.2) is 27.6 Å². The topological polar surface area (TPSA) is 42.7 Å². The molecular formula is C16H21BrN4. The number of hydrogen-bond donors (Lipinski definition) is 1. The Bertz CT molecular complexity index is 591. The van der Waals surface area contributed by atoms with Gasteiger partial charge in [-0.1, -0.05) is 33.3 Å². The molecule has 0 amide bonds. The molecule has 0 radical (unpaired) electrons. The van der Waals surface area contributed by atoms with Crippen molar-refractivity contribution >= 4 is 15.9 Å². The van der Waals surface area contributed by atoms with Crippen LogP contribution in [0.25, 0.3) is 0 Å². The van der Waals surface area contributed by atoms with E-state index >= 15 is 0 Å². The number of nitrogens with zero attached hydrogens (tertiary/aromatic N) is 3. The lowest BCUT2D eigenvalue weighted by Crippen LogP contribution is -2.27. The summed E-state index contributed by atoms with van der Waals surface area (Å²) in [5, 5.41) is 11.9. The SMILES string of the molecule is Cn1cc(CC(CNC2CC2)Cc2cccc(Br)c2)nn1. The van der Waals surface area contributed by atoms with E-state index in [1.54, 1.807) is 4.68 Å². The molecule has 1 unspecified atom stereocenters. The predicted molar refractivity (Wildman–Crippen MR) is 87.1 cm³/mol. The number of nitrogens with one attached hydrogen (secondary N) is 1. The Morgan fingerprint density at radius 2 is 2.24 bits per heavy atom. The zero-order valence-electron chi connectivity index (χ0n) is 12.3. The highest BCUT2D eigenvalue weighted by Crippen LogP contribution is 2.21. The lowest BCUT2D eigenvalue weighted by atomic mass is 9.95. The van der Waals surface area contributed by atoms with Gasteiger partial charge in [0, 0.05) is 23.8 Å². The highest BCUT2D eigenvalue weighted by atomic mass is 79.9. The van der Waals surface area contributed by atoms with Crippen molar-refractivity contribution in [2.45, 2.75) is 31.7 Å². The summed E-state index contributed by atoms with van der Waals surface area (Å²) >= 11 is 3.55. The van der Waals surface area contributed by atoms with Crippen LogP contribution in [0.1, 0.15) is 24.1 Å². The molecule has 1 heterocycles. The third-order valence-electron chi connectivity index (χ3n) is 3.83. The van der Waals surface area contributed by atoms with Crippen LogP contribution in [0.4, 0.5) is 0 Å². The van der Waals surface area contributed by atoms with E-state index in [9.17, 15) is 0 Å². The van der Waals surface area contributed by atoms with Gasteiger partial charge >= 0.3 is 0 Å². The molecule has 5 heteroatoms. The summed E-state index contributed by atoms with van der Waals surface area (Å²) in [5.74, 6) is 0.552. The van der Waals surface area contributed by atoms with Crippen molar-refractivity contribution < 1.29 is 0 Å². The van der Waals surface area contributed by atoms with Crippen LogP contribution in [0.5, 0.6) is 0 Å². The van der Waals surface area contributed by atoms with E-state index in [0.717, 1.165) is 35.6 Å². The minimum atomic E-state index is 0.552. The molecule has 0 saturated heterocycles. The predicted octanol–water partition coefficient (Wildman–Crippen LogP) is 2.73. The van der Waals surface area contributed by atoms with Gasteiger partial charge in [-0.3, -0.25) is 4.68 Å². The first-order valence-corrected chi connectivity index (χ1v) is 8.31. The lowest BCUT2D eigenvalue weighted by Gasteiger charge is -2.17. The number of aryl methyl sites for hydroxylation is 1. The Balaban J connectivity index is 1.65. The summed E-state index contributed by atoms with van der Waals surface area (Å²) in [6.45, 7) is 1.05. The largest absolute Gasteiger partial charge is 0.314 e. The zero-order valence-corrected chi connectivity index (χ0v) is 13.9. The van der Waals surface area contributed by atoms with Crippen molar-refractivity contribution in [3.05, 3.63) is 46.2 Å². The van der Waals surface area contributed by atoms with Crippen molar-refractivity contribution in [3.63, 3.8) is 0 Å². The van der Waals surface area contributed by atoms with E-state index in [-0.39, 0.29) is 0 Å². The molecule has 21 heavy (non-hydrogen) atoms. The van der Waals surface area contributed by atoms with Gasteiger partial charge in [-0.05, 0) is 55.8 Å². The third-order valence-corrected chi connectivity index (χ3v) is 4.33. The van der Waals surface area contributed by atoms with Gasteiger partial charge in [-0.15, -0.1) is 5.10 Å². The molecular weight excluding hydrogens is 328 g/mol. The second kappa shape index (κ2) is 6.71. The zero-order chi connectivity index (χ0) is 14.7. The summed E-state index contributed by atoms with van der Waals surface area (Å²) in [5.41, 5.74) is 2.45. The molecule has 3 rings (SSSR count). The Morgan fingerprint density at radius 3 is 2.90 bits per heavy atom. The van der Waals surface area contributed by atoms with Crippen LogP contribution in [0.2, 0.25) is 0 Å². The molecule has 1 aromatic carbocycles. The normalized spacial score (nSPS) is 16.1. The molecule has 1 aliphatic rings. The Hall–Kier alpha value is -1.20. The average molecular weight is 349 g/mol. The maximum absolute atomic E-state index is 4.23. The van der Waals surface area contributed by atoms with Crippen LogP contribution in [-0.2, 0) is 19.9 Å². The first kappa shape index (κ1) is 14.7. The maximum atomic E-state index is 4.23. The fourth-order valence-electron chi connectivity index (χ4n) is 2.62. The van der Waals surface area contributed by atoms with Crippen molar-refractivity contribution in [2.24, 2.45) is 13.0 Å². The molecule has 2 aromatic rings. The number of benzene rings is 1. The van der Waals surface area contributed by atoms with Crippen molar-refractivity contribution in [1.29, 1.82) is 0 Å². The van der Waals surface area contributed by atoms with Crippen LogP contribution in [0.3, 0.4) is 0 Å². The summed E-state index contributed by atoms with van der Waals surface area (Å²) < 4.78 is 2.92. The fourth-order valence-corrected chi connectivity index (χ4v) is 3.07. The third kappa shape index (κ3) is 4.64. The molecule has 0 aliphatic heterocycles. The number of rotatable bonds is 7. The van der Waals surface area contributed by atoms with Crippen LogP contribution in [0.15, 0.2) is 34.9 Å². The average Bonchev–Trinajstić information content (AvgIpc) is 3.19. The van der Waals surface area contributed by atoms with Gasteiger partial charge in [-0.2, -0.15) is 0 Å². The maximum Gasteiger partial charge on any atom is 0.0830 e. The Kier molecular flexibility index (Phi) is 4.70. The van der Waals surface area contributed by atoms with Gasteiger partial charge in [0.15, 0.2) is 0 Å². The molecule has 0 spiro atoms. The minimum absolute atomic E-state index is 0.552. The van der Waals surface area contributed by atoms with Crippen molar-refractivity contribution in [1.82, 2.24) is 20.3 Å². The summed E-state index contributed by atoms with van der Waals surface area (Å²) in [4.78, 5) is 0. The lowest BCUT2D eigenvalue weighted by molar-refractivity contribution is 0.464. The fraction of sp³-hybridized carbons (Fsp3) is 0.500. The number of hydrogen-bond acceptors (Lipinski definition) is 3. The van der Waals surface area contributed by atoms with Gasteiger partial charge in [0.1, 0.15) is 0 Å². The van der Waals surface area contributed by atoms with Crippen LogP contribution in [0, 0.1) is 5.92 Å². The highest BCUT2D eigenvalue weighted by molar-refractivity contribution is 9.10. The second-order valence-corrected chi connectivity index (χ2v) is 6.89. The molecule has 1 fully saturated rings. The van der Waals surface area contributed by atoms with E-state index < -0.39 is 0 Å². The van der Waals surface area contributed by atoms with Gasteiger partial charge < -0.3 is 5.32 Å². The van der Waals surface area contributed by atoms with E-state index in [4.69, 9.17) is 0 Å². The van der Waals surface area contributed by atoms with E-state index in [0.29, 0.717) is 5.92 Å². The number of halogens is 1. The van der Waals surface area contributed by atoms with Crippen molar-refractivity contribution in [2.75, 3.05) is 6.54 Å². The van der Waals surface area contributed by atoms with Crippen LogP contribution >= 0.6 is 15.9 Å². The Morgan fingerprint density at radius 1 is 1.38 bits per heavy atom. The van der Waals surface area contributed by atoms with Gasteiger partial charge in [0.2, 0.25) is 0 Å². The van der Waals surface area contributed by atoms with E-state index in [1.165, 1.54) is 18.4 Å². The first-order chi connectivity index (χ1) is 10.2. The van der Waals surface area contributed by atoms with E-state index in [2.05, 4.69) is 55.8 Å². The molecule has 112 valence electrons. The summed E-state index contributed by atoms with van der Waals surface area (Å²) in [6.07, 6.45) is 6.71. The van der Waals surface area contributed by atoms with Crippen LogP contribution < -0.4 is 5.32 Å². The van der Waals surface area contributed by atoms with Gasteiger partial charge in [0.25, 0.3) is 0 Å². The van der Waals surface area contributed by atoms with Gasteiger partial charge in [0.05, 0.1) is 5.69 Å².